The summed E-state index contributed by atoms with van der Waals surface area (Å²) in [6.45, 7) is 4.05. The summed E-state index contributed by atoms with van der Waals surface area (Å²) in [5.74, 6) is -0.442. The van der Waals surface area contributed by atoms with E-state index < -0.39 is 23.0 Å². The third kappa shape index (κ3) is 4.04. The van der Waals surface area contributed by atoms with Crippen LogP contribution in [0.15, 0.2) is 12.3 Å². The van der Waals surface area contributed by atoms with Crippen LogP contribution in [-0.4, -0.2) is 39.2 Å². The molecule has 1 aromatic heterocycles. The van der Waals surface area contributed by atoms with Gasteiger partial charge in [0.1, 0.15) is 5.69 Å². The molecule has 8 nitrogen and oxygen atoms in total. The third-order valence-corrected chi connectivity index (χ3v) is 2.91. The second-order valence-electron chi connectivity index (χ2n) is 4.65. The molecule has 0 fully saturated rings. The minimum atomic E-state index is -0.743. The first-order valence-corrected chi connectivity index (χ1v) is 6.43. The molecule has 1 rings (SSSR count). The van der Waals surface area contributed by atoms with Gasteiger partial charge in [0.2, 0.25) is 0 Å². The second kappa shape index (κ2) is 7.01. The zero-order valence-corrected chi connectivity index (χ0v) is 11.6. The Morgan fingerprint density at radius 3 is 2.80 bits per heavy atom. The number of hydrogen-bond donors (Lipinski definition) is 3. The number of hydrogen-bond acceptors (Lipinski definition) is 5. The van der Waals surface area contributed by atoms with Gasteiger partial charge in [-0.05, 0) is 13.3 Å². The van der Waals surface area contributed by atoms with Crippen LogP contribution in [0.3, 0.4) is 0 Å². The van der Waals surface area contributed by atoms with Crippen molar-refractivity contribution < 1.29 is 14.8 Å². The van der Waals surface area contributed by atoms with Gasteiger partial charge in [-0.2, -0.15) is 0 Å². The lowest BCUT2D eigenvalue weighted by atomic mass is 10.2. The SMILES string of the molecule is CCCn1cc([N+](=O)[O-])cc1C(=O)NCC(N)C(C)O. The summed E-state index contributed by atoms with van der Waals surface area (Å²) in [5.41, 5.74) is 5.71. The minimum absolute atomic E-state index is 0.0988. The van der Waals surface area contributed by atoms with Gasteiger partial charge in [-0.15, -0.1) is 0 Å². The highest BCUT2D eigenvalue weighted by atomic mass is 16.6. The number of nitrogens with one attached hydrogen (secondary N) is 1. The fourth-order valence-electron chi connectivity index (χ4n) is 1.68. The molecule has 4 N–H and O–H groups in total. The van der Waals surface area contributed by atoms with Gasteiger partial charge in [-0.3, -0.25) is 14.9 Å². The van der Waals surface area contributed by atoms with E-state index in [4.69, 9.17) is 5.73 Å². The van der Waals surface area contributed by atoms with Gasteiger partial charge in [-0.1, -0.05) is 6.92 Å². The van der Waals surface area contributed by atoms with Crippen LogP contribution in [0.1, 0.15) is 30.8 Å². The first kappa shape index (κ1) is 16.1. The van der Waals surface area contributed by atoms with Crippen molar-refractivity contribution >= 4 is 11.6 Å². The smallest absolute Gasteiger partial charge is 0.287 e. The van der Waals surface area contributed by atoms with Gasteiger partial charge in [0.15, 0.2) is 0 Å². The van der Waals surface area contributed by atoms with E-state index in [1.54, 1.807) is 4.57 Å². The van der Waals surface area contributed by atoms with E-state index in [2.05, 4.69) is 5.32 Å². The molecule has 1 aromatic rings. The van der Waals surface area contributed by atoms with Crippen LogP contribution in [0.25, 0.3) is 0 Å². The molecule has 2 atom stereocenters. The lowest BCUT2D eigenvalue weighted by Crippen LogP contribution is -2.44. The predicted octanol–water partition coefficient (Wildman–Crippen LogP) is 0.244. The molecule has 0 aromatic carbocycles. The molecule has 0 spiro atoms. The Balaban J connectivity index is 2.82. The average molecular weight is 284 g/mol. The van der Waals surface area contributed by atoms with E-state index in [1.807, 2.05) is 6.92 Å². The van der Waals surface area contributed by atoms with Gasteiger partial charge < -0.3 is 20.7 Å². The minimum Gasteiger partial charge on any atom is -0.392 e. The first-order chi connectivity index (χ1) is 9.36. The zero-order valence-electron chi connectivity index (χ0n) is 11.6. The Bertz CT molecular complexity index is 484. The van der Waals surface area contributed by atoms with E-state index in [0.29, 0.717) is 6.54 Å². The molecule has 0 saturated carbocycles. The molecule has 0 aliphatic heterocycles. The highest BCUT2D eigenvalue weighted by Gasteiger charge is 2.20. The third-order valence-electron chi connectivity index (χ3n) is 2.91. The molecule has 1 heterocycles. The maximum absolute atomic E-state index is 12.0. The van der Waals surface area contributed by atoms with Crippen molar-refractivity contribution in [1.29, 1.82) is 0 Å². The number of aryl methyl sites for hydroxylation is 1. The van der Waals surface area contributed by atoms with Crippen molar-refractivity contribution in [2.75, 3.05) is 6.54 Å². The zero-order chi connectivity index (χ0) is 15.3. The molecule has 0 radical (unpaired) electrons. The number of aromatic nitrogens is 1. The number of nitrogens with zero attached hydrogens (tertiary/aromatic N) is 2. The first-order valence-electron chi connectivity index (χ1n) is 6.43. The summed E-state index contributed by atoms with van der Waals surface area (Å²) in [4.78, 5) is 22.2. The van der Waals surface area contributed by atoms with Crippen molar-refractivity contribution in [3.63, 3.8) is 0 Å². The van der Waals surface area contributed by atoms with E-state index in [-0.39, 0.29) is 17.9 Å². The molecule has 2 unspecified atom stereocenters. The van der Waals surface area contributed by atoms with Crippen LogP contribution in [0.2, 0.25) is 0 Å². The predicted molar refractivity (Wildman–Crippen MR) is 73.4 cm³/mol. The molecule has 20 heavy (non-hydrogen) atoms. The Kier molecular flexibility index (Phi) is 5.66. The number of carbonyl (C=O) groups is 1. The lowest BCUT2D eigenvalue weighted by molar-refractivity contribution is -0.384. The highest BCUT2D eigenvalue weighted by molar-refractivity contribution is 5.93. The van der Waals surface area contributed by atoms with Gasteiger partial charge in [0, 0.05) is 25.2 Å². The molecule has 8 heteroatoms. The lowest BCUT2D eigenvalue weighted by Gasteiger charge is -2.15. The van der Waals surface area contributed by atoms with Crippen molar-refractivity contribution in [2.24, 2.45) is 5.73 Å². The number of nitro groups is 1. The van der Waals surface area contributed by atoms with Crippen molar-refractivity contribution in [1.82, 2.24) is 9.88 Å². The number of carbonyl (C=O) groups excluding carboxylic acids is 1. The largest absolute Gasteiger partial charge is 0.392 e. The summed E-state index contributed by atoms with van der Waals surface area (Å²) in [6, 6.07) is 0.655. The van der Waals surface area contributed by atoms with Gasteiger partial charge in [-0.25, -0.2) is 0 Å². The van der Waals surface area contributed by atoms with E-state index >= 15 is 0 Å². The molecule has 0 aliphatic carbocycles. The number of nitrogens with two attached hydrogens (primary N) is 1. The number of amides is 1. The Morgan fingerprint density at radius 2 is 2.30 bits per heavy atom. The summed E-state index contributed by atoms with van der Waals surface area (Å²) in [7, 11) is 0. The molecular formula is C12H20N4O4. The standard InChI is InChI=1S/C12H20N4O4/c1-3-4-15-7-9(16(19)20)5-11(15)12(18)14-6-10(13)8(2)17/h5,7-8,10,17H,3-4,6,13H2,1-2H3,(H,14,18). The van der Waals surface area contributed by atoms with Crippen LogP contribution in [0, 0.1) is 10.1 Å². The van der Waals surface area contributed by atoms with Crippen LogP contribution in [0.5, 0.6) is 0 Å². The summed E-state index contributed by atoms with van der Waals surface area (Å²) in [5, 5.41) is 22.6. The second-order valence-corrected chi connectivity index (χ2v) is 4.65. The molecule has 0 bridgehead atoms. The van der Waals surface area contributed by atoms with Gasteiger partial charge >= 0.3 is 0 Å². The monoisotopic (exact) mass is 284 g/mol. The fourth-order valence-corrected chi connectivity index (χ4v) is 1.68. The number of rotatable bonds is 7. The van der Waals surface area contributed by atoms with E-state index in [1.165, 1.54) is 19.2 Å². The quantitative estimate of drug-likeness (QED) is 0.489. The fraction of sp³-hybridized carbons (Fsp3) is 0.583. The topological polar surface area (TPSA) is 123 Å². The van der Waals surface area contributed by atoms with Crippen LogP contribution in [0.4, 0.5) is 5.69 Å². The Hall–Kier alpha value is -1.93. The summed E-state index contributed by atoms with van der Waals surface area (Å²) in [6.07, 6.45) is 1.35. The van der Waals surface area contributed by atoms with Crippen molar-refractivity contribution in [3.8, 4) is 0 Å². The molecular weight excluding hydrogens is 264 g/mol. The Morgan fingerprint density at radius 1 is 1.65 bits per heavy atom. The summed E-state index contributed by atoms with van der Waals surface area (Å²) >= 11 is 0. The van der Waals surface area contributed by atoms with E-state index in [9.17, 15) is 20.0 Å². The van der Waals surface area contributed by atoms with Crippen molar-refractivity contribution in [2.45, 2.75) is 39.0 Å². The number of aliphatic hydroxyl groups excluding tert-OH is 1. The average Bonchev–Trinajstić information content (AvgIpc) is 2.80. The molecule has 1 amide bonds. The van der Waals surface area contributed by atoms with E-state index in [0.717, 1.165) is 6.42 Å². The molecule has 0 saturated heterocycles. The Labute approximate surface area is 116 Å². The maximum Gasteiger partial charge on any atom is 0.287 e. The van der Waals surface area contributed by atoms with Gasteiger partial charge in [0.05, 0.1) is 17.2 Å². The van der Waals surface area contributed by atoms with Crippen LogP contribution >= 0.6 is 0 Å². The van der Waals surface area contributed by atoms with Crippen LogP contribution < -0.4 is 11.1 Å². The molecule has 0 aliphatic rings. The van der Waals surface area contributed by atoms with Crippen molar-refractivity contribution in [3.05, 3.63) is 28.1 Å². The summed E-state index contributed by atoms with van der Waals surface area (Å²) < 4.78 is 1.54. The molecule has 112 valence electrons. The normalized spacial score (nSPS) is 13.8. The van der Waals surface area contributed by atoms with Crippen LogP contribution in [-0.2, 0) is 6.54 Å². The van der Waals surface area contributed by atoms with Gasteiger partial charge in [0.25, 0.3) is 11.6 Å². The maximum atomic E-state index is 12.0. The highest BCUT2D eigenvalue weighted by Crippen LogP contribution is 2.17. The number of aliphatic hydroxyl groups is 1.